The number of nitrogens with zero attached hydrogens (tertiary/aromatic N) is 4. The van der Waals surface area contributed by atoms with E-state index in [1.807, 2.05) is 39.0 Å². The monoisotopic (exact) mass is 282 g/mol. The van der Waals surface area contributed by atoms with Crippen LogP contribution in [0.25, 0.3) is 16.7 Å². The lowest BCUT2D eigenvalue weighted by molar-refractivity contribution is -0.383. The van der Waals surface area contributed by atoms with Gasteiger partial charge < -0.3 is 0 Å². The van der Waals surface area contributed by atoms with Gasteiger partial charge in [-0.05, 0) is 38.5 Å². The van der Waals surface area contributed by atoms with Crippen molar-refractivity contribution in [3.8, 4) is 5.82 Å². The van der Waals surface area contributed by atoms with Crippen molar-refractivity contribution in [2.75, 3.05) is 0 Å². The summed E-state index contributed by atoms with van der Waals surface area (Å²) in [5, 5.41) is 16.4. The van der Waals surface area contributed by atoms with Crippen LogP contribution in [0.3, 0.4) is 0 Å². The number of benzene rings is 1. The number of nitro benzene ring substituents is 1. The summed E-state index contributed by atoms with van der Waals surface area (Å²) in [4.78, 5) is 15.2. The number of aromatic nitrogens is 3. The van der Waals surface area contributed by atoms with Crippen LogP contribution in [0.4, 0.5) is 5.69 Å². The highest BCUT2D eigenvalue weighted by Gasteiger charge is 2.16. The molecule has 2 aromatic heterocycles. The number of fused-ring (bicyclic) bond motifs is 1. The Morgan fingerprint density at radius 1 is 1.19 bits per heavy atom. The molecule has 0 unspecified atom stereocenters. The maximum absolute atomic E-state index is 11.2. The van der Waals surface area contributed by atoms with Gasteiger partial charge in [0.2, 0.25) is 0 Å². The van der Waals surface area contributed by atoms with E-state index in [0.29, 0.717) is 11.3 Å². The summed E-state index contributed by atoms with van der Waals surface area (Å²) in [5.41, 5.74) is 3.17. The highest BCUT2D eigenvalue weighted by atomic mass is 16.6. The average Bonchev–Trinajstić information content (AvgIpc) is 2.77. The first kappa shape index (κ1) is 13.2. The van der Waals surface area contributed by atoms with Crippen LogP contribution in [0, 0.1) is 30.9 Å². The molecule has 3 aromatic rings. The Morgan fingerprint density at radius 3 is 2.57 bits per heavy atom. The molecule has 0 saturated heterocycles. The van der Waals surface area contributed by atoms with Gasteiger partial charge in [-0.25, -0.2) is 9.67 Å². The molecule has 0 bridgehead atoms. The second-order valence-electron chi connectivity index (χ2n) is 5.07. The van der Waals surface area contributed by atoms with Gasteiger partial charge in [0.05, 0.1) is 10.6 Å². The first-order valence-corrected chi connectivity index (χ1v) is 6.56. The van der Waals surface area contributed by atoms with Crippen LogP contribution in [-0.2, 0) is 0 Å². The Kier molecular flexibility index (Phi) is 2.94. The quantitative estimate of drug-likeness (QED) is 0.534. The largest absolute Gasteiger partial charge is 0.295 e. The third-order valence-corrected chi connectivity index (χ3v) is 3.43. The Bertz CT molecular complexity index is 867. The van der Waals surface area contributed by atoms with Crippen LogP contribution in [0.15, 0.2) is 30.3 Å². The molecule has 0 aliphatic carbocycles. The highest BCUT2D eigenvalue weighted by molar-refractivity contribution is 5.90. The second-order valence-corrected chi connectivity index (χ2v) is 5.07. The number of pyridine rings is 1. The number of nitro groups is 1. The van der Waals surface area contributed by atoms with Gasteiger partial charge in [0.15, 0.2) is 11.3 Å². The lowest BCUT2D eigenvalue weighted by Gasteiger charge is -2.08. The van der Waals surface area contributed by atoms with Crippen molar-refractivity contribution < 1.29 is 4.92 Å². The maximum atomic E-state index is 11.2. The van der Waals surface area contributed by atoms with E-state index in [1.54, 1.807) is 10.7 Å². The molecule has 0 aliphatic rings. The SMILES string of the molecule is Cc1cc(C)n(-c2cc(C)c3cccc([N+](=O)[O-])c3n2)n1. The zero-order chi connectivity index (χ0) is 15.1. The zero-order valence-electron chi connectivity index (χ0n) is 12.0. The zero-order valence-corrected chi connectivity index (χ0v) is 12.0. The van der Waals surface area contributed by atoms with E-state index in [1.165, 1.54) is 6.07 Å². The molecular weight excluding hydrogens is 268 g/mol. The predicted molar refractivity (Wildman–Crippen MR) is 79.7 cm³/mol. The van der Waals surface area contributed by atoms with Crippen LogP contribution in [0.5, 0.6) is 0 Å². The molecule has 0 amide bonds. The first-order chi connectivity index (χ1) is 9.97. The lowest BCUT2D eigenvalue weighted by Crippen LogP contribution is -2.04. The Balaban J connectivity index is 2.34. The summed E-state index contributed by atoms with van der Waals surface area (Å²) in [5.74, 6) is 0.597. The van der Waals surface area contributed by atoms with Gasteiger partial charge in [-0.2, -0.15) is 5.10 Å². The van der Waals surface area contributed by atoms with Crippen LogP contribution >= 0.6 is 0 Å². The van der Waals surface area contributed by atoms with Crippen molar-refractivity contribution in [1.29, 1.82) is 0 Å². The highest BCUT2D eigenvalue weighted by Crippen LogP contribution is 2.27. The standard InChI is InChI=1S/C15H14N4O2/c1-9-7-14(18-11(3)8-10(2)17-18)16-15-12(9)5-4-6-13(15)19(20)21/h4-8H,1-3H3. The van der Waals surface area contributed by atoms with Crippen molar-refractivity contribution in [1.82, 2.24) is 14.8 Å². The summed E-state index contributed by atoms with van der Waals surface area (Å²) in [6.45, 7) is 5.75. The fraction of sp³-hybridized carbons (Fsp3) is 0.200. The fourth-order valence-corrected chi connectivity index (χ4v) is 2.50. The van der Waals surface area contributed by atoms with Crippen LogP contribution in [-0.4, -0.2) is 19.7 Å². The number of para-hydroxylation sites is 1. The lowest BCUT2D eigenvalue weighted by atomic mass is 10.1. The summed E-state index contributed by atoms with van der Waals surface area (Å²) in [7, 11) is 0. The molecule has 3 rings (SSSR count). The van der Waals surface area contributed by atoms with Gasteiger partial charge in [0.25, 0.3) is 5.69 Å². The molecule has 2 heterocycles. The maximum Gasteiger partial charge on any atom is 0.295 e. The number of rotatable bonds is 2. The predicted octanol–water partition coefficient (Wildman–Crippen LogP) is 3.25. The van der Waals surface area contributed by atoms with Gasteiger partial charge in [-0.15, -0.1) is 0 Å². The molecule has 0 atom stereocenters. The van der Waals surface area contributed by atoms with Gasteiger partial charge in [-0.3, -0.25) is 10.1 Å². The molecule has 6 nitrogen and oxygen atoms in total. The minimum absolute atomic E-state index is 0.0129. The normalized spacial score (nSPS) is 11.0. The molecule has 1 aromatic carbocycles. The van der Waals surface area contributed by atoms with Crippen LogP contribution < -0.4 is 0 Å². The van der Waals surface area contributed by atoms with Crippen molar-refractivity contribution in [2.24, 2.45) is 0 Å². The molecule has 6 heteroatoms. The molecular formula is C15H14N4O2. The summed E-state index contributed by atoms with van der Waals surface area (Å²) < 4.78 is 1.71. The molecule has 21 heavy (non-hydrogen) atoms. The van der Waals surface area contributed by atoms with E-state index in [-0.39, 0.29) is 5.69 Å². The van der Waals surface area contributed by atoms with Gasteiger partial charge in [-0.1, -0.05) is 12.1 Å². The number of hydrogen-bond acceptors (Lipinski definition) is 4. The van der Waals surface area contributed by atoms with Crippen molar-refractivity contribution in [3.05, 3.63) is 57.4 Å². The third-order valence-electron chi connectivity index (χ3n) is 3.43. The second kappa shape index (κ2) is 4.66. The van der Waals surface area contributed by atoms with E-state index < -0.39 is 4.92 Å². The molecule has 106 valence electrons. The van der Waals surface area contributed by atoms with Crippen molar-refractivity contribution >= 4 is 16.6 Å². The molecule has 0 fully saturated rings. The minimum Gasteiger partial charge on any atom is -0.258 e. The fourth-order valence-electron chi connectivity index (χ4n) is 2.50. The average molecular weight is 282 g/mol. The molecule has 0 radical (unpaired) electrons. The van der Waals surface area contributed by atoms with E-state index in [0.717, 1.165) is 22.3 Å². The van der Waals surface area contributed by atoms with Crippen molar-refractivity contribution in [2.45, 2.75) is 20.8 Å². The van der Waals surface area contributed by atoms with Crippen LogP contribution in [0.1, 0.15) is 17.0 Å². The van der Waals surface area contributed by atoms with Gasteiger partial charge >= 0.3 is 0 Å². The number of hydrogen-bond donors (Lipinski definition) is 0. The summed E-state index contributed by atoms with van der Waals surface area (Å²) >= 11 is 0. The third kappa shape index (κ3) is 2.14. The molecule has 0 N–H and O–H groups in total. The first-order valence-electron chi connectivity index (χ1n) is 6.56. The number of aryl methyl sites for hydroxylation is 3. The van der Waals surface area contributed by atoms with Gasteiger partial charge in [0.1, 0.15) is 0 Å². The Labute approximate surface area is 121 Å². The minimum atomic E-state index is -0.403. The molecule has 0 spiro atoms. The van der Waals surface area contributed by atoms with E-state index in [2.05, 4.69) is 10.1 Å². The topological polar surface area (TPSA) is 73.8 Å². The Hall–Kier alpha value is -2.76. The van der Waals surface area contributed by atoms with E-state index >= 15 is 0 Å². The molecule has 0 aliphatic heterocycles. The van der Waals surface area contributed by atoms with Crippen molar-refractivity contribution in [3.63, 3.8) is 0 Å². The smallest absolute Gasteiger partial charge is 0.258 e. The number of non-ortho nitro benzene ring substituents is 1. The summed E-state index contributed by atoms with van der Waals surface area (Å²) in [6.07, 6.45) is 0. The summed E-state index contributed by atoms with van der Waals surface area (Å²) in [6, 6.07) is 8.83. The van der Waals surface area contributed by atoms with Gasteiger partial charge in [0, 0.05) is 17.1 Å². The van der Waals surface area contributed by atoms with E-state index in [4.69, 9.17) is 0 Å². The van der Waals surface area contributed by atoms with Crippen LogP contribution in [0.2, 0.25) is 0 Å². The van der Waals surface area contributed by atoms with E-state index in [9.17, 15) is 10.1 Å². The Morgan fingerprint density at radius 2 is 1.95 bits per heavy atom. The molecule has 0 saturated carbocycles.